The lowest BCUT2D eigenvalue weighted by atomic mass is 9.66. The first kappa shape index (κ1) is 20.3. The Morgan fingerprint density at radius 3 is 1.96 bits per heavy atom. The molecule has 7 heteroatoms. The Hall–Kier alpha value is -0.785. The van der Waals surface area contributed by atoms with Crippen molar-refractivity contribution in [3.05, 3.63) is 0 Å². The average molecular weight is 329 g/mol. The third-order valence-corrected chi connectivity index (χ3v) is 4.48. The summed E-state index contributed by atoms with van der Waals surface area (Å²) in [7, 11) is -0.961. The van der Waals surface area contributed by atoms with E-state index in [0.29, 0.717) is 25.9 Å². The van der Waals surface area contributed by atoms with Crippen molar-refractivity contribution < 1.29 is 24.3 Å². The van der Waals surface area contributed by atoms with Crippen LogP contribution >= 0.6 is 0 Å². The number of aliphatic hydroxyl groups is 1. The van der Waals surface area contributed by atoms with E-state index in [4.69, 9.17) is 9.39 Å². The molecule has 0 aromatic rings. The van der Waals surface area contributed by atoms with Crippen molar-refractivity contribution in [3.63, 3.8) is 0 Å². The Bertz CT molecular complexity index is 406. The van der Waals surface area contributed by atoms with Gasteiger partial charge in [-0.2, -0.15) is 0 Å². The SMILES string of the molecule is CC(C)(C)OC(=O)N1CCC(B(O)OC(C)(C)C(C)(C)O)CC1. The summed E-state index contributed by atoms with van der Waals surface area (Å²) in [5, 5.41) is 20.4. The molecule has 1 amide bonds. The van der Waals surface area contributed by atoms with Gasteiger partial charge in [0, 0.05) is 13.1 Å². The van der Waals surface area contributed by atoms with Crippen LogP contribution < -0.4 is 0 Å². The Labute approximate surface area is 140 Å². The van der Waals surface area contributed by atoms with Crippen LogP contribution in [-0.2, 0) is 9.39 Å². The Balaban J connectivity index is 2.51. The summed E-state index contributed by atoms with van der Waals surface area (Å²) in [5.74, 6) is -0.0599. The molecule has 134 valence electrons. The highest BCUT2D eigenvalue weighted by atomic mass is 16.6. The van der Waals surface area contributed by atoms with E-state index in [1.54, 1.807) is 32.6 Å². The van der Waals surface area contributed by atoms with Crippen molar-refractivity contribution in [2.24, 2.45) is 0 Å². The lowest BCUT2D eigenvalue weighted by Gasteiger charge is -2.41. The first-order chi connectivity index (χ1) is 10.2. The lowest BCUT2D eigenvalue weighted by Crippen LogP contribution is -2.52. The Morgan fingerprint density at radius 2 is 1.57 bits per heavy atom. The van der Waals surface area contributed by atoms with E-state index < -0.39 is 23.9 Å². The van der Waals surface area contributed by atoms with Gasteiger partial charge in [-0.15, -0.1) is 0 Å². The van der Waals surface area contributed by atoms with Crippen molar-refractivity contribution >= 4 is 13.2 Å². The van der Waals surface area contributed by atoms with Gasteiger partial charge < -0.3 is 24.4 Å². The predicted molar refractivity (Wildman–Crippen MR) is 90.2 cm³/mol. The summed E-state index contributed by atoms with van der Waals surface area (Å²) < 4.78 is 11.0. The molecule has 1 fully saturated rings. The topological polar surface area (TPSA) is 79.2 Å². The number of nitrogens with zero attached hydrogens (tertiary/aromatic N) is 1. The van der Waals surface area contributed by atoms with Crippen molar-refractivity contribution in [2.45, 2.75) is 83.9 Å². The molecule has 0 saturated carbocycles. The molecular formula is C16H32BNO5. The Kier molecular flexibility index (Phi) is 6.16. The zero-order valence-electron chi connectivity index (χ0n) is 15.5. The number of rotatable bonds is 4. The predicted octanol–water partition coefficient (Wildman–Crippen LogP) is 2.43. The fourth-order valence-corrected chi connectivity index (χ4v) is 2.24. The lowest BCUT2D eigenvalue weighted by molar-refractivity contribution is -0.102. The number of amides is 1. The van der Waals surface area contributed by atoms with E-state index in [9.17, 15) is 14.9 Å². The van der Waals surface area contributed by atoms with Gasteiger partial charge in [0.05, 0.1) is 11.2 Å². The van der Waals surface area contributed by atoms with E-state index in [1.165, 1.54) is 0 Å². The summed E-state index contributed by atoms with van der Waals surface area (Å²) in [6, 6.07) is 0. The monoisotopic (exact) mass is 329 g/mol. The number of likely N-dealkylation sites (tertiary alicyclic amines) is 1. The van der Waals surface area contributed by atoms with Crippen LogP contribution in [0.1, 0.15) is 61.3 Å². The quantitative estimate of drug-likeness (QED) is 0.775. The fourth-order valence-electron chi connectivity index (χ4n) is 2.24. The number of hydrogen-bond donors (Lipinski definition) is 2. The number of piperidine rings is 1. The van der Waals surface area contributed by atoms with Gasteiger partial charge in [0.1, 0.15) is 5.60 Å². The summed E-state index contributed by atoms with van der Waals surface area (Å²) in [5.41, 5.74) is -2.44. The minimum atomic E-state index is -1.06. The number of hydrogen-bond acceptors (Lipinski definition) is 5. The van der Waals surface area contributed by atoms with Gasteiger partial charge in [0.25, 0.3) is 0 Å². The first-order valence-electron chi connectivity index (χ1n) is 8.29. The summed E-state index contributed by atoms with van der Waals surface area (Å²) >= 11 is 0. The van der Waals surface area contributed by atoms with Crippen molar-refractivity contribution in [1.82, 2.24) is 4.90 Å². The van der Waals surface area contributed by atoms with E-state index in [-0.39, 0.29) is 11.9 Å². The molecule has 0 aromatic carbocycles. The molecule has 6 nitrogen and oxygen atoms in total. The van der Waals surface area contributed by atoms with Gasteiger partial charge in [-0.05, 0) is 67.1 Å². The normalized spacial score (nSPS) is 18.0. The molecule has 1 aliphatic heterocycles. The number of carbonyl (C=O) groups is 1. The van der Waals surface area contributed by atoms with Crippen LogP contribution in [0.15, 0.2) is 0 Å². The highest BCUT2D eigenvalue weighted by Gasteiger charge is 2.42. The number of carbonyl (C=O) groups excluding carboxylic acids is 1. The minimum absolute atomic E-state index is 0.0599. The molecule has 1 aliphatic rings. The zero-order valence-corrected chi connectivity index (χ0v) is 15.5. The maximum absolute atomic E-state index is 12.0. The van der Waals surface area contributed by atoms with Gasteiger partial charge in [-0.3, -0.25) is 0 Å². The van der Waals surface area contributed by atoms with Crippen LogP contribution in [0.3, 0.4) is 0 Å². The van der Waals surface area contributed by atoms with Crippen LogP contribution in [0.2, 0.25) is 5.82 Å². The van der Waals surface area contributed by atoms with Gasteiger partial charge in [0.15, 0.2) is 0 Å². The molecule has 1 saturated heterocycles. The largest absolute Gasteiger partial charge is 0.458 e. The maximum Gasteiger partial charge on any atom is 0.458 e. The van der Waals surface area contributed by atoms with Crippen LogP contribution in [0.25, 0.3) is 0 Å². The van der Waals surface area contributed by atoms with Crippen LogP contribution in [0.4, 0.5) is 4.79 Å². The van der Waals surface area contributed by atoms with Crippen LogP contribution in [0.5, 0.6) is 0 Å². The molecule has 0 aromatic heterocycles. The van der Waals surface area contributed by atoms with Crippen molar-refractivity contribution in [1.29, 1.82) is 0 Å². The number of ether oxygens (including phenoxy) is 1. The Morgan fingerprint density at radius 1 is 1.09 bits per heavy atom. The average Bonchev–Trinajstić information content (AvgIpc) is 2.35. The minimum Gasteiger partial charge on any atom is -0.444 e. The summed E-state index contributed by atoms with van der Waals surface area (Å²) in [4.78, 5) is 13.7. The van der Waals surface area contributed by atoms with Crippen LogP contribution in [0, 0.1) is 0 Å². The molecule has 0 aliphatic carbocycles. The van der Waals surface area contributed by atoms with Crippen molar-refractivity contribution in [2.75, 3.05) is 13.1 Å². The standard InChI is InChI=1S/C16H32BNO5/c1-14(2,3)22-13(19)18-10-8-12(9-11-18)17(21)23-16(6,7)15(4,5)20/h12,20-21H,8-11H2,1-7H3. The van der Waals surface area contributed by atoms with Crippen LogP contribution in [-0.4, -0.2) is 58.1 Å². The van der Waals surface area contributed by atoms with Gasteiger partial charge in [0.2, 0.25) is 0 Å². The van der Waals surface area contributed by atoms with Crippen molar-refractivity contribution in [3.8, 4) is 0 Å². The zero-order chi connectivity index (χ0) is 18.1. The second kappa shape index (κ2) is 6.99. The maximum atomic E-state index is 12.0. The molecule has 0 spiro atoms. The van der Waals surface area contributed by atoms with E-state index in [2.05, 4.69) is 0 Å². The second-order valence-electron chi connectivity index (χ2n) is 8.38. The highest BCUT2D eigenvalue weighted by molar-refractivity contribution is 6.45. The van der Waals surface area contributed by atoms with Gasteiger partial charge in [-0.25, -0.2) is 4.79 Å². The molecule has 2 N–H and O–H groups in total. The van der Waals surface area contributed by atoms with Gasteiger partial charge in [-0.1, -0.05) is 0 Å². The van der Waals surface area contributed by atoms with Gasteiger partial charge >= 0.3 is 13.2 Å². The summed E-state index contributed by atoms with van der Waals surface area (Å²) in [6.07, 6.45) is 0.966. The molecule has 0 radical (unpaired) electrons. The van der Waals surface area contributed by atoms with E-state index in [1.807, 2.05) is 20.8 Å². The molecule has 0 atom stereocenters. The third-order valence-electron chi connectivity index (χ3n) is 4.48. The fraction of sp³-hybridized carbons (Fsp3) is 0.938. The second-order valence-corrected chi connectivity index (χ2v) is 8.38. The molecule has 1 heterocycles. The highest BCUT2D eigenvalue weighted by Crippen LogP contribution is 2.32. The third kappa shape index (κ3) is 5.97. The molecule has 0 unspecified atom stereocenters. The first-order valence-corrected chi connectivity index (χ1v) is 8.29. The smallest absolute Gasteiger partial charge is 0.444 e. The van der Waals surface area contributed by atoms with E-state index in [0.717, 1.165) is 0 Å². The molecule has 23 heavy (non-hydrogen) atoms. The molecule has 1 rings (SSSR count). The molecular weight excluding hydrogens is 297 g/mol. The molecule has 0 bridgehead atoms. The summed E-state index contributed by atoms with van der Waals surface area (Å²) in [6.45, 7) is 13.4. The van der Waals surface area contributed by atoms with E-state index >= 15 is 0 Å².